The van der Waals surface area contributed by atoms with E-state index < -0.39 is 44.6 Å². The van der Waals surface area contributed by atoms with Crippen LogP contribution in [0.3, 0.4) is 0 Å². The first kappa shape index (κ1) is 35.4. The van der Waals surface area contributed by atoms with E-state index in [2.05, 4.69) is 15.6 Å². The summed E-state index contributed by atoms with van der Waals surface area (Å²) in [6.07, 6.45) is 0.785. The molecule has 3 amide bonds. The number of carbonyl (C=O) groups is 5. The summed E-state index contributed by atoms with van der Waals surface area (Å²) >= 11 is 6.01. The van der Waals surface area contributed by atoms with Crippen molar-refractivity contribution in [2.75, 3.05) is 6.54 Å². The van der Waals surface area contributed by atoms with Crippen molar-refractivity contribution >= 4 is 50.2 Å². The van der Waals surface area contributed by atoms with Crippen LogP contribution in [0.15, 0.2) is 24.3 Å². The number of hydrogen-bond donors (Lipinski definition) is 3. The molecule has 42 heavy (non-hydrogen) atoms. The molecule has 12 heteroatoms. The third kappa shape index (κ3) is 12.6. The van der Waals surface area contributed by atoms with Crippen molar-refractivity contribution in [2.45, 2.75) is 97.6 Å². The van der Waals surface area contributed by atoms with Crippen LogP contribution in [0.1, 0.15) is 72.8 Å². The quantitative estimate of drug-likeness (QED) is 0.186. The summed E-state index contributed by atoms with van der Waals surface area (Å²) in [5.41, 5.74) is 0.0826. The average Bonchev–Trinajstić information content (AvgIpc) is 3.30. The Labute approximate surface area is 255 Å². The van der Waals surface area contributed by atoms with Crippen molar-refractivity contribution < 1.29 is 33.4 Å². The van der Waals surface area contributed by atoms with E-state index in [0.29, 0.717) is 42.4 Å². The Morgan fingerprint density at radius 1 is 1.21 bits per heavy atom. The van der Waals surface area contributed by atoms with Crippen LogP contribution in [0, 0.1) is 17.8 Å². The maximum atomic E-state index is 13.6. The lowest BCUT2D eigenvalue weighted by atomic mass is 9.91. The van der Waals surface area contributed by atoms with Gasteiger partial charge in [0.2, 0.25) is 11.8 Å². The molecule has 1 aromatic carbocycles. The molecule has 1 aliphatic heterocycles. The first-order chi connectivity index (χ1) is 19.7. The van der Waals surface area contributed by atoms with E-state index in [4.69, 9.17) is 21.1 Å². The maximum Gasteiger partial charge on any atom is 0.408 e. The highest BCUT2D eigenvalue weighted by atomic mass is 35.5. The fraction of sp³-hybridized carbons (Fsp3) is 0.633. The number of rotatable bonds is 16. The summed E-state index contributed by atoms with van der Waals surface area (Å²) in [5, 5.41) is 5.78. The van der Waals surface area contributed by atoms with Crippen LogP contribution in [-0.4, -0.2) is 62.9 Å². The minimum Gasteiger partial charge on any atom is -0.445 e. The Bertz CT molecular complexity index is 1090. The fourth-order valence-electron chi connectivity index (χ4n) is 4.78. The lowest BCUT2D eigenvalue weighted by Crippen LogP contribution is -2.58. The molecule has 1 heterocycles. The molecule has 0 aromatic heterocycles. The standard InChI is InChI=1S/C30H45ClN3O7Si/c1-19(2)18-42(25(36)11-10-21(16-35)14-23-12-13-32-27(23)37)34-28(38)26(20(3)41-30(4,5)6)33-29(39)40-17-22-8-7-9-24(31)15-22/h7-9,15-16,19-21,23,26H,10-14,17-18H2,1-6H3,(H,32,37)(H,33,39)(H,34,38)/t20-,21+,23+,26+/m1/s1. The van der Waals surface area contributed by atoms with Gasteiger partial charge in [0.15, 0.2) is 0 Å². The normalized spacial score (nSPS) is 17.4. The second kappa shape index (κ2) is 16.8. The highest BCUT2D eigenvalue weighted by Gasteiger charge is 2.35. The van der Waals surface area contributed by atoms with E-state index in [1.54, 1.807) is 31.2 Å². The van der Waals surface area contributed by atoms with Crippen LogP contribution in [-0.2, 0) is 35.3 Å². The van der Waals surface area contributed by atoms with Crippen LogP contribution in [0.2, 0.25) is 11.1 Å². The van der Waals surface area contributed by atoms with Gasteiger partial charge >= 0.3 is 6.09 Å². The second-order valence-corrected chi connectivity index (χ2v) is 14.8. The molecular formula is C30H45ClN3O7Si. The lowest BCUT2D eigenvalue weighted by Gasteiger charge is -2.31. The largest absolute Gasteiger partial charge is 0.445 e. The van der Waals surface area contributed by atoms with Crippen molar-refractivity contribution in [3.05, 3.63) is 34.9 Å². The number of halogens is 1. The van der Waals surface area contributed by atoms with Crippen molar-refractivity contribution in [3.8, 4) is 0 Å². The first-order valence-corrected chi connectivity index (χ1v) is 16.6. The molecule has 0 spiro atoms. The monoisotopic (exact) mass is 622 g/mol. The van der Waals surface area contributed by atoms with E-state index >= 15 is 0 Å². The Morgan fingerprint density at radius 2 is 1.93 bits per heavy atom. The van der Waals surface area contributed by atoms with Crippen molar-refractivity contribution in [1.29, 1.82) is 0 Å². The van der Waals surface area contributed by atoms with Gasteiger partial charge in [-0.1, -0.05) is 37.6 Å². The molecule has 4 atom stereocenters. The van der Waals surface area contributed by atoms with Crippen molar-refractivity contribution in [3.63, 3.8) is 0 Å². The zero-order valence-corrected chi connectivity index (χ0v) is 27.2. The van der Waals surface area contributed by atoms with E-state index in [1.165, 1.54) is 0 Å². The predicted octanol–water partition coefficient (Wildman–Crippen LogP) is 4.13. The van der Waals surface area contributed by atoms with Crippen LogP contribution < -0.4 is 15.6 Å². The van der Waals surface area contributed by atoms with Gasteiger partial charge in [-0.3, -0.25) is 9.59 Å². The van der Waals surface area contributed by atoms with Gasteiger partial charge in [0.1, 0.15) is 24.3 Å². The van der Waals surface area contributed by atoms with Gasteiger partial charge in [-0.2, -0.15) is 0 Å². The molecule has 10 nitrogen and oxygen atoms in total. The van der Waals surface area contributed by atoms with E-state index in [-0.39, 0.29) is 36.2 Å². The van der Waals surface area contributed by atoms with Crippen LogP contribution in [0.4, 0.5) is 4.79 Å². The Morgan fingerprint density at radius 3 is 2.50 bits per heavy atom. The Balaban J connectivity index is 2.09. The van der Waals surface area contributed by atoms with Crippen LogP contribution >= 0.6 is 11.6 Å². The molecule has 1 aromatic rings. The Hall–Kier alpha value is -2.76. The zero-order chi connectivity index (χ0) is 31.4. The van der Waals surface area contributed by atoms with Crippen molar-refractivity contribution in [1.82, 2.24) is 15.6 Å². The van der Waals surface area contributed by atoms with Gasteiger partial charge in [0.25, 0.3) is 8.96 Å². The van der Waals surface area contributed by atoms with E-state index in [1.807, 2.05) is 34.6 Å². The molecule has 2 rings (SSSR count). The minimum absolute atomic E-state index is 0.0451. The van der Waals surface area contributed by atoms with Gasteiger partial charge in [-0.15, -0.1) is 0 Å². The van der Waals surface area contributed by atoms with Crippen LogP contribution in [0.25, 0.3) is 0 Å². The summed E-state index contributed by atoms with van der Waals surface area (Å²) < 4.78 is 11.3. The number of aldehydes is 1. The molecule has 0 unspecified atom stereocenters. The molecule has 1 radical (unpaired) electrons. The van der Waals surface area contributed by atoms with Gasteiger partial charge in [-0.05, 0) is 76.6 Å². The topological polar surface area (TPSA) is 140 Å². The molecule has 0 aliphatic carbocycles. The zero-order valence-electron chi connectivity index (χ0n) is 25.5. The molecule has 0 saturated carbocycles. The highest BCUT2D eigenvalue weighted by Crippen LogP contribution is 2.22. The number of benzene rings is 1. The number of carbonyl (C=O) groups excluding carboxylic acids is 5. The summed E-state index contributed by atoms with van der Waals surface area (Å²) in [7, 11) is -2.07. The molecule has 3 N–H and O–H groups in total. The molecule has 1 saturated heterocycles. The SMILES string of the molecule is CC(C)C[Si](NC(=O)[C@@H](NC(=O)OCc1cccc(Cl)c1)[C@@H](C)OC(C)(C)C)C(=O)CC[C@H](C=O)C[C@@H]1CCNC1=O. The molecular weight excluding hydrogens is 578 g/mol. The Kier molecular flexibility index (Phi) is 14.1. The maximum absolute atomic E-state index is 13.6. The molecule has 1 fully saturated rings. The summed E-state index contributed by atoms with van der Waals surface area (Å²) in [4.78, 5) is 66.2. The third-order valence-corrected chi connectivity index (χ3v) is 9.66. The number of amides is 3. The first-order valence-electron chi connectivity index (χ1n) is 14.5. The predicted molar refractivity (Wildman–Crippen MR) is 162 cm³/mol. The number of hydrogen-bond acceptors (Lipinski definition) is 7. The molecule has 233 valence electrons. The second-order valence-electron chi connectivity index (χ2n) is 12.2. The van der Waals surface area contributed by atoms with E-state index in [9.17, 15) is 24.0 Å². The van der Waals surface area contributed by atoms with Gasteiger partial charge in [-0.25, -0.2) is 4.79 Å². The van der Waals surface area contributed by atoms with Gasteiger partial charge in [0.05, 0.1) is 11.7 Å². The van der Waals surface area contributed by atoms with E-state index in [0.717, 1.165) is 6.29 Å². The number of ether oxygens (including phenoxy) is 2. The fourth-order valence-corrected chi connectivity index (χ4v) is 7.18. The highest BCUT2D eigenvalue weighted by molar-refractivity contribution is 6.89. The van der Waals surface area contributed by atoms with Crippen molar-refractivity contribution in [2.24, 2.45) is 17.8 Å². The number of alkyl carbamates (subject to hydrolysis) is 1. The van der Waals surface area contributed by atoms with Gasteiger partial charge < -0.3 is 34.7 Å². The smallest absolute Gasteiger partial charge is 0.408 e. The summed E-state index contributed by atoms with van der Waals surface area (Å²) in [6, 6.07) is 6.24. The summed E-state index contributed by atoms with van der Waals surface area (Å²) in [6.45, 7) is 11.7. The molecule has 1 aliphatic rings. The summed E-state index contributed by atoms with van der Waals surface area (Å²) in [5.74, 6) is -1.09. The van der Waals surface area contributed by atoms with Gasteiger partial charge in [0, 0.05) is 29.8 Å². The number of nitrogens with one attached hydrogen (secondary N) is 3. The third-order valence-electron chi connectivity index (χ3n) is 6.73. The van der Waals surface area contributed by atoms with Crippen LogP contribution in [0.5, 0.6) is 0 Å². The molecule has 0 bridgehead atoms. The average molecular weight is 623 g/mol. The minimum atomic E-state index is -2.07. The lowest BCUT2D eigenvalue weighted by molar-refractivity contribution is -0.130.